The summed E-state index contributed by atoms with van der Waals surface area (Å²) in [5, 5.41) is 18.6. The van der Waals surface area contributed by atoms with E-state index in [0.29, 0.717) is 12.0 Å². The number of aromatic nitrogens is 1. The second-order valence-corrected chi connectivity index (χ2v) is 4.45. The van der Waals surface area contributed by atoms with Crippen LogP contribution in [0.4, 0.5) is 0 Å². The summed E-state index contributed by atoms with van der Waals surface area (Å²) >= 11 is 0. The number of nitrogens with one attached hydrogen (secondary N) is 1. The molecular weight excluding hydrogens is 228 g/mol. The zero-order chi connectivity index (χ0) is 13.1. The minimum Gasteiger partial charge on any atom is -0.481 e. The summed E-state index contributed by atoms with van der Waals surface area (Å²) in [7, 11) is 0. The van der Waals surface area contributed by atoms with Crippen molar-refractivity contribution in [2.45, 2.75) is 25.7 Å². The Balaban J connectivity index is 2.33. The van der Waals surface area contributed by atoms with Crippen molar-refractivity contribution < 1.29 is 9.90 Å². The smallest absolute Gasteiger partial charge is 0.303 e. The van der Waals surface area contributed by atoms with Gasteiger partial charge in [-0.15, -0.1) is 0 Å². The Labute approximate surface area is 105 Å². The molecule has 2 aromatic rings. The van der Waals surface area contributed by atoms with Gasteiger partial charge in [-0.2, -0.15) is 5.26 Å². The van der Waals surface area contributed by atoms with E-state index in [2.05, 4.69) is 11.1 Å². The van der Waals surface area contributed by atoms with Crippen molar-refractivity contribution in [2.24, 2.45) is 0 Å². The number of carboxylic acid groups (broad SMARTS) is 1. The summed E-state index contributed by atoms with van der Waals surface area (Å²) in [6, 6.07) is 7.61. The van der Waals surface area contributed by atoms with Crippen LogP contribution in [0.2, 0.25) is 0 Å². The number of aromatic amines is 1. The van der Waals surface area contributed by atoms with Crippen LogP contribution in [0.5, 0.6) is 0 Å². The number of benzene rings is 1. The third kappa shape index (κ3) is 2.35. The topological polar surface area (TPSA) is 76.9 Å². The van der Waals surface area contributed by atoms with E-state index in [4.69, 9.17) is 10.4 Å². The van der Waals surface area contributed by atoms with Crippen molar-refractivity contribution in [3.8, 4) is 6.07 Å². The number of fused-ring (bicyclic) bond motifs is 1. The number of nitriles is 1. The summed E-state index contributed by atoms with van der Waals surface area (Å²) in [5.74, 6) is -0.622. The molecule has 92 valence electrons. The fraction of sp³-hybridized carbons (Fsp3) is 0.286. The number of nitrogens with zero attached hydrogens (tertiary/aromatic N) is 1. The van der Waals surface area contributed by atoms with Gasteiger partial charge in [-0.1, -0.05) is 6.92 Å². The summed E-state index contributed by atoms with van der Waals surface area (Å²) in [6.45, 7) is 2.00. The predicted molar refractivity (Wildman–Crippen MR) is 68.3 cm³/mol. The molecule has 0 radical (unpaired) electrons. The molecule has 4 heteroatoms. The van der Waals surface area contributed by atoms with Gasteiger partial charge in [0, 0.05) is 23.5 Å². The fourth-order valence-electron chi connectivity index (χ4n) is 2.11. The van der Waals surface area contributed by atoms with Crippen molar-refractivity contribution in [1.29, 1.82) is 5.26 Å². The van der Waals surface area contributed by atoms with Crippen LogP contribution >= 0.6 is 0 Å². The highest BCUT2D eigenvalue weighted by molar-refractivity contribution is 5.85. The van der Waals surface area contributed by atoms with E-state index in [1.165, 1.54) is 0 Å². The van der Waals surface area contributed by atoms with Crippen LogP contribution in [-0.4, -0.2) is 16.1 Å². The van der Waals surface area contributed by atoms with Gasteiger partial charge < -0.3 is 10.1 Å². The Kier molecular flexibility index (Phi) is 3.33. The van der Waals surface area contributed by atoms with Gasteiger partial charge in [0.05, 0.1) is 11.6 Å². The maximum atomic E-state index is 10.6. The van der Waals surface area contributed by atoms with Crippen LogP contribution in [0.3, 0.4) is 0 Å². The first-order valence-corrected chi connectivity index (χ1v) is 5.84. The lowest BCUT2D eigenvalue weighted by Gasteiger charge is -2.08. The van der Waals surface area contributed by atoms with Gasteiger partial charge in [-0.25, -0.2) is 0 Å². The standard InChI is InChI=1S/C14H14N2O2/c1-9(2-5-14(17)18)12-8-16-13-4-3-10(7-15)6-11(12)13/h3-4,6,8-9,16H,2,5H2,1H3,(H,17,18). The first-order chi connectivity index (χ1) is 8.61. The minimum atomic E-state index is -0.778. The molecular formula is C14H14N2O2. The highest BCUT2D eigenvalue weighted by Crippen LogP contribution is 2.29. The number of hydrogen-bond acceptors (Lipinski definition) is 2. The molecule has 0 bridgehead atoms. The monoisotopic (exact) mass is 242 g/mol. The average molecular weight is 242 g/mol. The van der Waals surface area contributed by atoms with E-state index in [-0.39, 0.29) is 12.3 Å². The quantitative estimate of drug-likeness (QED) is 0.865. The largest absolute Gasteiger partial charge is 0.481 e. The molecule has 1 atom stereocenters. The van der Waals surface area contributed by atoms with Crippen LogP contribution in [0.15, 0.2) is 24.4 Å². The molecule has 2 rings (SSSR count). The third-order valence-electron chi connectivity index (χ3n) is 3.16. The van der Waals surface area contributed by atoms with Gasteiger partial charge in [-0.3, -0.25) is 4.79 Å². The summed E-state index contributed by atoms with van der Waals surface area (Å²) in [4.78, 5) is 13.7. The predicted octanol–water partition coefficient (Wildman–Crippen LogP) is 3.01. The molecule has 0 amide bonds. The van der Waals surface area contributed by atoms with Gasteiger partial charge in [0.2, 0.25) is 0 Å². The lowest BCUT2D eigenvalue weighted by Crippen LogP contribution is -1.99. The molecule has 1 unspecified atom stereocenters. The Morgan fingerprint density at radius 3 is 3.00 bits per heavy atom. The molecule has 0 aliphatic heterocycles. The molecule has 1 heterocycles. The normalized spacial score (nSPS) is 12.2. The maximum absolute atomic E-state index is 10.6. The van der Waals surface area contributed by atoms with Crippen molar-refractivity contribution in [3.63, 3.8) is 0 Å². The van der Waals surface area contributed by atoms with E-state index in [1.54, 1.807) is 6.07 Å². The highest BCUT2D eigenvalue weighted by Gasteiger charge is 2.13. The molecule has 0 aliphatic carbocycles. The zero-order valence-corrected chi connectivity index (χ0v) is 10.1. The number of hydrogen-bond donors (Lipinski definition) is 2. The van der Waals surface area contributed by atoms with E-state index < -0.39 is 5.97 Å². The minimum absolute atomic E-state index is 0.156. The maximum Gasteiger partial charge on any atom is 0.303 e. The average Bonchev–Trinajstić information content (AvgIpc) is 2.78. The van der Waals surface area contributed by atoms with Gasteiger partial charge in [0.25, 0.3) is 0 Å². The van der Waals surface area contributed by atoms with Gasteiger partial charge in [0.1, 0.15) is 0 Å². The van der Waals surface area contributed by atoms with Crippen molar-refractivity contribution in [1.82, 2.24) is 4.98 Å². The Morgan fingerprint density at radius 1 is 1.56 bits per heavy atom. The van der Waals surface area contributed by atoms with E-state index in [0.717, 1.165) is 16.5 Å². The lowest BCUT2D eigenvalue weighted by molar-refractivity contribution is -0.137. The summed E-state index contributed by atoms with van der Waals surface area (Å²) in [6.07, 6.45) is 2.66. The van der Waals surface area contributed by atoms with Crippen LogP contribution in [0.25, 0.3) is 10.9 Å². The molecule has 2 N–H and O–H groups in total. The highest BCUT2D eigenvalue weighted by atomic mass is 16.4. The Bertz CT molecular complexity index is 622. The van der Waals surface area contributed by atoms with Crippen molar-refractivity contribution in [2.75, 3.05) is 0 Å². The molecule has 0 saturated heterocycles. The summed E-state index contributed by atoms with van der Waals surface area (Å²) < 4.78 is 0. The molecule has 0 spiro atoms. The molecule has 18 heavy (non-hydrogen) atoms. The molecule has 1 aromatic carbocycles. The lowest BCUT2D eigenvalue weighted by atomic mass is 9.95. The van der Waals surface area contributed by atoms with E-state index >= 15 is 0 Å². The van der Waals surface area contributed by atoms with Crippen molar-refractivity contribution >= 4 is 16.9 Å². The number of rotatable bonds is 4. The number of carboxylic acids is 1. The van der Waals surface area contributed by atoms with Crippen LogP contribution < -0.4 is 0 Å². The number of carbonyl (C=O) groups is 1. The van der Waals surface area contributed by atoms with Gasteiger partial charge >= 0.3 is 5.97 Å². The summed E-state index contributed by atoms with van der Waals surface area (Å²) in [5.41, 5.74) is 2.67. The first kappa shape index (κ1) is 12.2. The fourth-order valence-corrected chi connectivity index (χ4v) is 2.11. The number of aliphatic carboxylic acids is 1. The van der Waals surface area contributed by atoms with E-state index in [9.17, 15) is 4.79 Å². The molecule has 1 aromatic heterocycles. The van der Waals surface area contributed by atoms with Crippen LogP contribution in [-0.2, 0) is 4.79 Å². The molecule has 4 nitrogen and oxygen atoms in total. The second kappa shape index (κ2) is 4.92. The molecule has 0 saturated carbocycles. The molecule has 0 fully saturated rings. The molecule has 0 aliphatic rings. The van der Waals surface area contributed by atoms with Crippen LogP contribution in [0.1, 0.15) is 36.8 Å². The van der Waals surface area contributed by atoms with Crippen molar-refractivity contribution in [3.05, 3.63) is 35.5 Å². The van der Waals surface area contributed by atoms with E-state index in [1.807, 2.05) is 25.3 Å². The van der Waals surface area contributed by atoms with Gasteiger partial charge in [-0.05, 0) is 36.1 Å². The SMILES string of the molecule is CC(CCC(=O)O)c1c[nH]c2ccc(C#N)cc12. The van der Waals surface area contributed by atoms with Crippen LogP contribution in [0, 0.1) is 11.3 Å². The number of H-pyrrole nitrogens is 1. The zero-order valence-electron chi connectivity index (χ0n) is 10.1. The van der Waals surface area contributed by atoms with Gasteiger partial charge in [0.15, 0.2) is 0 Å². The second-order valence-electron chi connectivity index (χ2n) is 4.45. The third-order valence-corrected chi connectivity index (χ3v) is 3.16. The first-order valence-electron chi connectivity index (χ1n) is 5.84. The Hall–Kier alpha value is -2.28. The Morgan fingerprint density at radius 2 is 2.33 bits per heavy atom.